The molecule has 0 unspecified atom stereocenters. The van der Waals surface area contributed by atoms with Crippen molar-refractivity contribution in [3.05, 3.63) is 41.3 Å². The lowest BCUT2D eigenvalue weighted by Gasteiger charge is -2.16. The average Bonchev–Trinajstić information content (AvgIpc) is 3.24. The van der Waals surface area contributed by atoms with Crippen molar-refractivity contribution in [3.8, 4) is 20.5 Å². The molecule has 1 fully saturated rings. The minimum Gasteiger partial charge on any atom is -0.255 e. The van der Waals surface area contributed by atoms with Crippen LogP contribution >= 0.6 is 22.7 Å². The van der Waals surface area contributed by atoms with Crippen LogP contribution in [-0.4, -0.2) is 20.8 Å². The Bertz CT molecular complexity index is 870. The topological polar surface area (TPSA) is 43.1 Å². The quantitative estimate of drug-likeness (QED) is 0.693. The Balaban J connectivity index is 1.62. The molecule has 0 saturated heterocycles. The van der Waals surface area contributed by atoms with Gasteiger partial charge in [0.15, 0.2) is 5.01 Å². The lowest BCUT2D eigenvalue weighted by Crippen LogP contribution is -2.18. The molecule has 0 bridgehead atoms. The number of hydrogen-bond acceptors (Lipinski definition) is 5. The van der Waals surface area contributed by atoms with Crippen LogP contribution in [0.3, 0.4) is 0 Å². The van der Waals surface area contributed by atoms with E-state index in [0.717, 1.165) is 15.5 Å². The Labute approximate surface area is 149 Å². The van der Waals surface area contributed by atoms with Crippen LogP contribution in [0.2, 0.25) is 0 Å². The molecule has 0 N–H and O–H groups in total. The Kier molecular flexibility index (Phi) is 4.58. The number of thiophene rings is 1. The van der Waals surface area contributed by atoms with E-state index in [1.54, 1.807) is 22.7 Å². The summed E-state index contributed by atoms with van der Waals surface area (Å²) in [6.07, 6.45) is 8.24. The SMILES string of the molecule is Cn1nc(-c2ccc(-c3ccccn3)s2)s/c1=N\C1CCCCC1. The number of hydrogen-bond donors (Lipinski definition) is 0. The fourth-order valence-corrected chi connectivity index (χ4v) is 5.02. The minimum absolute atomic E-state index is 0.477. The molecule has 3 aromatic heterocycles. The lowest BCUT2D eigenvalue weighted by atomic mass is 9.96. The molecular formula is C18H20N4S2. The van der Waals surface area contributed by atoms with Crippen molar-refractivity contribution < 1.29 is 0 Å². The van der Waals surface area contributed by atoms with Crippen molar-refractivity contribution in [2.45, 2.75) is 38.1 Å². The third kappa shape index (κ3) is 3.35. The predicted octanol–water partition coefficient (Wildman–Crippen LogP) is 4.51. The Morgan fingerprint density at radius 3 is 2.67 bits per heavy atom. The smallest absolute Gasteiger partial charge is 0.203 e. The zero-order valence-electron chi connectivity index (χ0n) is 13.7. The monoisotopic (exact) mass is 356 g/mol. The van der Waals surface area contributed by atoms with Gasteiger partial charge in [-0.2, -0.15) is 5.10 Å². The van der Waals surface area contributed by atoms with Gasteiger partial charge in [0.1, 0.15) is 0 Å². The Morgan fingerprint density at radius 1 is 1.04 bits per heavy atom. The maximum absolute atomic E-state index is 4.94. The van der Waals surface area contributed by atoms with Crippen LogP contribution in [0.5, 0.6) is 0 Å². The molecule has 1 aliphatic rings. The maximum atomic E-state index is 4.94. The molecule has 1 saturated carbocycles. The summed E-state index contributed by atoms with van der Waals surface area (Å²) in [4.78, 5) is 12.8. The van der Waals surface area contributed by atoms with E-state index in [4.69, 9.17) is 4.99 Å². The zero-order chi connectivity index (χ0) is 16.4. The van der Waals surface area contributed by atoms with Gasteiger partial charge in [-0.3, -0.25) is 9.98 Å². The Morgan fingerprint density at radius 2 is 1.88 bits per heavy atom. The van der Waals surface area contributed by atoms with Crippen LogP contribution < -0.4 is 4.80 Å². The fraction of sp³-hybridized carbons (Fsp3) is 0.389. The summed E-state index contributed by atoms with van der Waals surface area (Å²) in [5.74, 6) is 0. The van der Waals surface area contributed by atoms with Crippen molar-refractivity contribution in [1.29, 1.82) is 0 Å². The Hall–Kier alpha value is -1.79. The normalized spacial score (nSPS) is 16.6. The second-order valence-corrected chi connectivity index (χ2v) is 8.15. The first-order valence-electron chi connectivity index (χ1n) is 8.39. The highest BCUT2D eigenvalue weighted by Gasteiger charge is 2.14. The van der Waals surface area contributed by atoms with Gasteiger partial charge in [-0.05, 0) is 37.1 Å². The van der Waals surface area contributed by atoms with Crippen molar-refractivity contribution in [3.63, 3.8) is 0 Å². The van der Waals surface area contributed by atoms with Crippen LogP contribution in [0.1, 0.15) is 32.1 Å². The highest BCUT2D eigenvalue weighted by atomic mass is 32.1. The molecular weight excluding hydrogens is 336 g/mol. The van der Waals surface area contributed by atoms with Gasteiger partial charge >= 0.3 is 0 Å². The van der Waals surface area contributed by atoms with E-state index in [-0.39, 0.29) is 0 Å². The number of rotatable bonds is 3. The van der Waals surface area contributed by atoms with E-state index in [0.29, 0.717) is 6.04 Å². The van der Waals surface area contributed by atoms with Gasteiger partial charge in [-0.15, -0.1) is 11.3 Å². The molecule has 1 aliphatic carbocycles. The van der Waals surface area contributed by atoms with Crippen LogP contribution in [0.25, 0.3) is 20.5 Å². The first-order chi connectivity index (χ1) is 11.8. The molecule has 124 valence electrons. The molecule has 0 amide bonds. The van der Waals surface area contributed by atoms with E-state index in [1.807, 2.05) is 36.1 Å². The molecule has 0 aromatic carbocycles. The summed E-state index contributed by atoms with van der Waals surface area (Å²) in [5.41, 5.74) is 1.02. The van der Waals surface area contributed by atoms with E-state index in [9.17, 15) is 0 Å². The second kappa shape index (κ2) is 6.99. The summed E-state index contributed by atoms with van der Waals surface area (Å²) >= 11 is 3.43. The lowest BCUT2D eigenvalue weighted by molar-refractivity contribution is 0.434. The maximum Gasteiger partial charge on any atom is 0.203 e. The third-order valence-corrected chi connectivity index (χ3v) is 6.60. The van der Waals surface area contributed by atoms with Crippen LogP contribution in [0.4, 0.5) is 0 Å². The summed E-state index contributed by atoms with van der Waals surface area (Å²) in [5, 5.41) is 5.73. The van der Waals surface area contributed by atoms with Crippen molar-refractivity contribution in [2.24, 2.45) is 12.0 Å². The van der Waals surface area contributed by atoms with E-state index >= 15 is 0 Å². The van der Waals surface area contributed by atoms with E-state index in [1.165, 1.54) is 41.9 Å². The highest BCUT2D eigenvalue weighted by Crippen LogP contribution is 2.33. The van der Waals surface area contributed by atoms with Gasteiger partial charge in [0.05, 0.1) is 21.5 Å². The van der Waals surface area contributed by atoms with Gasteiger partial charge in [0.2, 0.25) is 4.80 Å². The largest absolute Gasteiger partial charge is 0.255 e. The standard InChI is InChI=1S/C18H20N4S2/c1-22-18(20-13-7-3-2-4-8-13)24-17(21-22)16-11-10-15(23-16)14-9-5-6-12-19-14/h5-6,9-13H,2-4,7-8H2,1H3/b20-18-. The molecule has 4 rings (SSSR count). The molecule has 0 radical (unpaired) electrons. The van der Waals surface area contributed by atoms with Gasteiger partial charge in [0, 0.05) is 13.2 Å². The number of aromatic nitrogens is 3. The van der Waals surface area contributed by atoms with Gasteiger partial charge in [-0.25, -0.2) is 4.68 Å². The van der Waals surface area contributed by atoms with Crippen LogP contribution in [-0.2, 0) is 7.05 Å². The molecule has 24 heavy (non-hydrogen) atoms. The first kappa shape index (κ1) is 15.7. The molecule has 4 nitrogen and oxygen atoms in total. The zero-order valence-corrected chi connectivity index (χ0v) is 15.3. The molecule has 0 spiro atoms. The molecule has 0 atom stereocenters. The summed E-state index contributed by atoms with van der Waals surface area (Å²) in [7, 11) is 1.99. The number of nitrogens with zero attached hydrogens (tertiary/aromatic N) is 4. The third-order valence-electron chi connectivity index (χ3n) is 4.31. The summed E-state index contributed by atoms with van der Waals surface area (Å²) in [6, 6.07) is 10.7. The summed E-state index contributed by atoms with van der Waals surface area (Å²) in [6.45, 7) is 0. The fourth-order valence-electron chi connectivity index (χ4n) is 3.03. The van der Waals surface area contributed by atoms with E-state index in [2.05, 4.69) is 22.2 Å². The van der Waals surface area contributed by atoms with Crippen molar-refractivity contribution in [1.82, 2.24) is 14.8 Å². The van der Waals surface area contributed by atoms with Gasteiger partial charge in [0.25, 0.3) is 0 Å². The molecule has 3 aromatic rings. The highest BCUT2D eigenvalue weighted by molar-refractivity contribution is 7.22. The number of aryl methyl sites for hydroxylation is 1. The molecule has 0 aliphatic heterocycles. The second-order valence-electron chi connectivity index (χ2n) is 6.11. The van der Waals surface area contributed by atoms with Crippen LogP contribution in [0.15, 0.2) is 41.5 Å². The van der Waals surface area contributed by atoms with Crippen LogP contribution in [0, 0.1) is 0 Å². The minimum atomic E-state index is 0.477. The summed E-state index contributed by atoms with van der Waals surface area (Å²) < 4.78 is 1.93. The predicted molar refractivity (Wildman–Crippen MR) is 100 cm³/mol. The molecule has 3 heterocycles. The number of pyridine rings is 1. The van der Waals surface area contributed by atoms with E-state index < -0.39 is 0 Å². The first-order valence-corrected chi connectivity index (χ1v) is 10.0. The van der Waals surface area contributed by atoms with Gasteiger partial charge < -0.3 is 0 Å². The van der Waals surface area contributed by atoms with Crippen molar-refractivity contribution in [2.75, 3.05) is 0 Å². The van der Waals surface area contributed by atoms with Crippen molar-refractivity contribution >= 4 is 22.7 Å². The van der Waals surface area contributed by atoms with Gasteiger partial charge in [-0.1, -0.05) is 36.7 Å². The average molecular weight is 357 g/mol. The molecule has 6 heteroatoms.